The van der Waals surface area contributed by atoms with E-state index in [1.807, 2.05) is 59.5 Å². The quantitative estimate of drug-likeness (QED) is 0.425. The Kier molecular flexibility index (Phi) is 8.30. The summed E-state index contributed by atoms with van der Waals surface area (Å²) in [5, 5.41) is 3.12. The maximum Gasteiger partial charge on any atom is 0.248 e. The van der Waals surface area contributed by atoms with Crippen molar-refractivity contribution in [3.63, 3.8) is 0 Å². The average molecular weight is 468 g/mol. The highest BCUT2D eigenvalue weighted by Gasteiger charge is 2.21. The molecular formula is C25H29N3O4S. The van der Waals surface area contributed by atoms with Crippen LogP contribution < -0.4 is 9.47 Å². The summed E-state index contributed by atoms with van der Waals surface area (Å²) in [6.45, 7) is 4.78. The number of para-hydroxylation sites is 1. The zero-order chi connectivity index (χ0) is 22.9. The minimum Gasteiger partial charge on any atom is -0.497 e. The van der Waals surface area contributed by atoms with Crippen molar-refractivity contribution in [2.75, 3.05) is 53.1 Å². The molecule has 1 amide bonds. The third-order valence-corrected chi connectivity index (χ3v) is 6.40. The molecule has 0 bridgehead atoms. The van der Waals surface area contributed by atoms with Crippen LogP contribution in [-0.4, -0.2) is 73.8 Å². The first-order valence-corrected chi connectivity index (χ1v) is 11.9. The molecule has 2 heterocycles. The van der Waals surface area contributed by atoms with Crippen LogP contribution in [0.25, 0.3) is 10.6 Å². The number of carbonyl (C=O) groups is 1. The van der Waals surface area contributed by atoms with Crippen LogP contribution in [0.3, 0.4) is 0 Å². The highest BCUT2D eigenvalue weighted by molar-refractivity contribution is 7.13. The fraction of sp³-hybridized carbons (Fsp3) is 0.360. The van der Waals surface area contributed by atoms with Crippen LogP contribution in [0.5, 0.6) is 11.5 Å². The van der Waals surface area contributed by atoms with Gasteiger partial charge < -0.3 is 19.1 Å². The molecule has 0 saturated carbocycles. The van der Waals surface area contributed by atoms with Gasteiger partial charge in [0.2, 0.25) is 5.91 Å². The normalized spacial score (nSPS) is 14.3. The van der Waals surface area contributed by atoms with Gasteiger partial charge in [0, 0.05) is 43.7 Å². The molecule has 174 valence electrons. The van der Waals surface area contributed by atoms with E-state index in [0.717, 1.165) is 47.4 Å². The van der Waals surface area contributed by atoms with Gasteiger partial charge in [-0.05, 0) is 36.4 Å². The molecule has 7 nitrogen and oxygen atoms in total. The largest absolute Gasteiger partial charge is 0.497 e. The monoisotopic (exact) mass is 467 g/mol. The van der Waals surface area contributed by atoms with Crippen LogP contribution in [0.2, 0.25) is 0 Å². The van der Waals surface area contributed by atoms with Gasteiger partial charge in [0.25, 0.3) is 0 Å². The maximum atomic E-state index is 12.4. The Morgan fingerprint density at radius 2 is 1.73 bits per heavy atom. The molecule has 33 heavy (non-hydrogen) atoms. The summed E-state index contributed by atoms with van der Waals surface area (Å²) in [5.74, 6) is 1.68. The van der Waals surface area contributed by atoms with Gasteiger partial charge in [-0.3, -0.25) is 9.69 Å². The number of ether oxygens (including phenoxy) is 3. The number of carbonyl (C=O) groups excluding carboxylic acids is 1. The SMILES string of the molecule is COc1ccc(-c2nc(CN3CCN(C(=O)COCCOc4ccccc4)CC3)cs2)cc1. The zero-order valence-corrected chi connectivity index (χ0v) is 19.6. The van der Waals surface area contributed by atoms with Gasteiger partial charge in [0.1, 0.15) is 29.7 Å². The Morgan fingerprint density at radius 3 is 2.45 bits per heavy atom. The van der Waals surface area contributed by atoms with E-state index in [1.165, 1.54) is 0 Å². The van der Waals surface area contributed by atoms with Crippen molar-refractivity contribution in [1.82, 2.24) is 14.8 Å². The van der Waals surface area contributed by atoms with Gasteiger partial charge in [-0.15, -0.1) is 11.3 Å². The zero-order valence-electron chi connectivity index (χ0n) is 18.8. The van der Waals surface area contributed by atoms with E-state index < -0.39 is 0 Å². The lowest BCUT2D eigenvalue weighted by molar-refractivity contribution is -0.138. The van der Waals surface area contributed by atoms with Crippen LogP contribution in [0.1, 0.15) is 5.69 Å². The fourth-order valence-corrected chi connectivity index (χ4v) is 4.43. The Balaban J connectivity index is 1.14. The predicted octanol–water partition coefficient (Wildman–Crippen LogP) is 3.56. The third-order valence-electron chi connectivity index (χ3n) is 5.46. The van der Waals surface area contributed by atoms with Gasteiger partial charge in [-0.1, -0.05) is 18.2 Å². The van der Waals surface area contributed by atoms with Crippen molar-refractivity contribution in [2.24, 2.45) is 0 Å². The standard InChI is InChI=1S/C25H29N3O4S/c1-30-22-9-7-20(8-10-22)25-26-21(19-33-25)17-27-11-13-28(14-12-27)24(29)18-31-15-16-32-23-5-3-2-4-6-23/h2-10,19H,11-18H2,1H3. The number of thiazole rings is 1. The predicted molar refractivity (Wildman–Crippen MR) is 129 cm³/mol. The van der Waals surface area contributed by atoms with Crippen LogP contribution in [0.15, 0.2) is 60.0 Å². The summed E-state index contributed by atoms with van der Waals surface area (Å²) < 4.78 is 16.3. The number of methoxy groups -OCH3 is 1. The van der Waals surface area contributed by atoms with Crippen LogP contribution in [-0.2, 0) is 16.1 Å². The second-order valence-electron chi connectivity index (χ2n) is 7.74. The van der Waals surface area contributed by atoms with Gasteiger partial charge in [-0.25, -0.2) is 4.98 Å². The topological polar surface area (TPSA) is 64.1 Å². The van der Waals surface area contributed by atoms with Gasteiger partial charge in [0.05, 0.1) is 19.4 Å². The summed E-state index contributed by atoms with van der Waals surface area (Å²) in [4.78, 5) is 21.4. The molecule has 0 N–H and O–H groups in total. The number of nitrogens with zero attached hydrogens (tertiary/aromatic N) is 3. The summed E-state index contributed by atoms with van der Waals surface area (Å²) in [5.41, 5.74) is 2.16. The van der Waals surface area contributed by atoms with Gasteiger partial charge in [0.15, 0.2) is 0 Å². The lowest BCUT2D eigenvalue weighted by atomic mass is 10.2. The third kappa shape index (κ3) is 6.77. The molecule has 0 atom stereocenters. The number of rotatable bonds is 10. The first kappa shape index (κ1) is 23.2. The van der Waals surface area contributed by atoms with Crippen molar-refractivity contribution in [3.05, 3.63) is 65.7 Å². The number of hydrogen-bond acceptors (Lipinski definition) is 7. The van der Waals surface area contributed by atoms with Crippen LogP contribution >= 0.6 is 11.3 Å². The summed E-state index contributed by atoms with van der Waals surface area (Å²) in [6.07, 6.45) is 0. The minimum absolute atomic E-state index is 0.0322. The average Bonchev–Trinajstić information content (AvgIpc) is 3.33. The summed E-state index contributed by atoms with van der Waals surface area (Å²) >= 11 is 1.65. The number of hydrogen-bond donors (Lipinski definition) is 0. The molecule has 1 aromatic heterocycles. The summed E-state index contributed by atoms with van der Waals surface area (Å²) in [6, 6.07) is 17.6. The molecule has 1 aliphatic heterocycles. The Bertz CT molecular complexity index is 1000. The van der Waals surface area contributed by atoms with E-state index in [-0.39, 0.29) is 12.5 Å². The van der Waals surface area contributed by atoms with Crippen molar-refractivity contribution < 1.29 is 19.0 Å². The molecule has 3 aromatic rings. The summed E-state index contributed by atoms with van der Waals surface area (Å²) in [7, 11) is 1.67. The first-order valence-electron chi connectivity index (χ1n) is 11.1. The molecule has 4 rings (SSSR count). The highest BCUT2D eigenvalue weighted by atomic mass is 32.1. The number of benzene rings is 2. The Labute approximate surface area is 198 Å². The lowest BCUT2D eigenvalue weighted by Gasteiger charge is -2.34. The fourth-order valence-electron chi connectivity index (χ4n) is 3.62. The van der Waals surface area contributed by atoms with Crippen molar-refractivity contribution >= 4 is 17.2 Å². The molecule has 0 unspecified atom stereocenters. The molecule has 0 spiro atoms. The lowest BCUT2D eigenvalue weighted by Crippen LogP contribution is -2.49. The second-order valence-corrected chi connectivity index (χ2v) is 8.60. The van der Waals surface area contributed by atoms with E-state index in [0.29, 0.717) is 26.3 Å². The van der Waals surface area contributed by atoms with Crippen LogP contribution in [0.4, 0.5) is 0 Å². The van der Waals surface area contributed by atoms with Gasteiger partial charge in [-0.2, -0.15) is 0 Å². The van der Waals surface area contributed by atoms with E-state index in [1.54, 1.807) is 18.4 Å². The number of aromatic nitrogens is 1. The molecular weight excluding hydrogens is 438 g/mol. The van der Waals surface area contributed by atoms with Crippen molar-refractivity contribution in [3.8, 4) is 22.1 Å². The van der Waals surface area contributed by atoms with E-state index in [9.17, 15) is 4.79 Å². The molecule has 0 radical (unpaired) electrons. The Hall–Kier alpha value is -2.94. The van der Waals surface area contributed by atoms with E-state index in [2.05, 4.69) is 10.3 Å². The van der Waals surface area contributed by atoms with Crippen molar-refractivity contribution in [2.45, 2.75) is 6.54 Å². The Morgan fingerprint density at radius 1 is 0.970 bits per heavy atom. The molecule has 1 fully saturated rings. The van der Waals surface area contributed by atoms with E-state index in [4.69, 9.17) is 19.2 Å². The molecule has 2 aromatic carbocycles. The first-order chi connectivity index (χ1) is 16.2. The maximum absolute atomic E-state index is 12.4. The smallest absolute Gasteiger partial charge is 0.248 e. The number of amides is 1. The molecule has 1 saturated heterocycles. The highest BCUT2D eigenvalue weighted by Crippen LogP contribution is 2.26. The van der Waals surface area contributed by atoms with E-state index >= 15 is 0 Å². The van der Waals surface area contributed by atoms with Crippen molar-refractivity contribution in [1.29, 1.82) is 0 Å². The van der Waals surface area contributed by atoms with Crippen LogP contribution in [0, 0.1) is 0 Å². The van der Waals surface area contributed by atoms with Gasteiger partial charge >= 0.3 is 0 Å². The molecule has 1 aliphatic rings. The molecule has 0 aliphatic carbocycles. The molecule has 8 heteroatoms. The minimum atomic E-state index is 0.0322. The number of piperazine rings is 1. The second kappa shape index (κ2) is 11.8.